The first-order valence-corrected chi connectivity index (χ1v) is 6.22. The van der Waals surface area contributed by atoms with Gasteiger partial charge in [-0.25, -0.2) is 0 Å². The van der Waals surface area contributed by atoms with Gasteiger partial charge in [0.1, 0.15) is 0 Å². The van der Waals surface area contributed by atoms with E-state index >= 15 is 0 Å². The van der Waals surface area contributed by atoms with Crippen LogP contribution in [0.15, 0.2) is 65.1 Å². The van der Waals surface area contributed by atoms with E-state index in [1.165, 1.54) is 15.6 Å². The fraction of sp³-hybridized carbons (Fsp3) is 0.143. The highest BCUT2D eigenvalue weighted by molar-refractivity contribution is 8.03. The monoisotopic (exact) mass is 229 g/mol. The van der Waals surface area contributed by atoms with E-state index in [0.29, 0.717) is 0 Å². The van der Waals surface area contributed by atoms with E-state index < -0.39 is 0 Å². The van der Waals surface area contributed by atoms with Gasteiger partial charge in [0.05, 0.1) is 10.7 Å². The van der Waals surface area contributed by atoms with Crippen LogP contribution >= 0.6 is 11.8 Å². The van der Waals surface area contributed by atoms with Crippen LogP contribution in [-0.2, 0) is 0 Å². The molecule has 0 spiro atoms. The number of nitrogens with zero attached hydrogens (tertiary/aromatic N) is 1. The summed E-state index contributed by atoms with van der Waals surface area (Å²) in [5.74, 6) is 0. The van der Waals surface area contributed by atoms with E-state index in [9.17, 15) is 0 Å². The van der Waals surface area contributed by atoms with Gasteiger partial charge in [-0.15, -0.1) is 0 Å². The van der Waals surface area contributed by atoms with Gasteiger partial charge in [0.25, 0.3) is 0 Å². The fourth-order valence-electron chi connectivity index (χ4n) is 1.72. The second-order valence-corrected chi connectivity index (χ2v) is 4.50. The van der Waals surface area contributed by atoms with E-state index in [1.54, 1.807) is 6.08 Å². The summed E-state index contributed by atoms with van der Waals surface area (Å²) in [6.07, 6.45) is 7.91. The van der Waals surface area contributed by atoms with Crippen molar-refractivity contribution in [2.45, 2.75) is 11.8 Å². The molecule has 1 aromatic carbocycles. The minimum Gasteiger partial charge on any atom is -0.335 e. The summed E-state index contributed by atoms with van der Waals surface area (Å²) in [4.78, 5) is 3.66. The van der Waals surface area contributed by atoms with Crippen LogP contribution in [-0.4, -0.2) is 6.54 Å². The zero-order chi connectivity index (χ0) is 11.4. The maximum atomic E-state index is 3.67. The molecule has 2 heteroatoms. The Morgan fingerprint density at radius 3 is 2.88 bits per heavy atom. The Hall–Kier alpha value is -1.41. The van der Waals surface area contributed by atoms with Crippen molar-refractivity contribution in [2.24, 2.45) is 0 Å². The van der Waals surface area contributed by atoms with Crippen molar-refractivity contribution in [1.82, 2.24) is 0 Å². The lowest BCUT2D eigenvalue weighted by atomic mass is 10.3. The van der Waals surface area contributed by atoms with Crippen molar-refractivity contribution in [3.8, 4) is 0 Å². The summed E-state index contributed by atoms with van der Waals surface area (Å²) in [7, 11) is 0. The summed E-state index contributed by atoms with van der Waals surface area (Å²) in [6.45, 7) is 6.84. The third kappa shape index (κ3) is 2.07. The summed E-state index contributed by atoms with van der Waals surface area (Å²) >= 11 is 1.82. The number of thioether (sulfide) groups is 1. The van der Waals surface area contributed by atoms with Gasteiger partial charge in [0.15, 0.2) is 0 Å². The zero-order valence-electron chi connectivity index (χ0n) is 9.39. The normalized spacial score (nSPS) is 17.1. The Balaban J connectivity index is 2.30. The van der Waals surface area contributed by atoms with Gasteiger partial charge in [-0.2, -0.15) is 0 Å². The Kier molecular flexibility index (Phi) is 3.52. The van der Waals surface area contributed by atoms with E-state index in [2.05, 4.69) is 48.7 Å². The highest BCUT2D eigenvalue weighted by Gasteiger charge is 2.22. The number of rotatable bonds is 3. The van der Waals surface area contributed by atoms with Crippen LogP contribution < -0.4 is 4.90 Å². The number of hydrogen-bond acceptors (Lipinski definition) is 2. The SMILES string of the molecule is C=C/C=C/C=C1/Sc2ccccc2N1CC. The largest absolute Gasteiger partial charge is 0.335 e. The lowest BCUT2D eigenvalue weighted by molar-refractivity contribution is 1.00. The lowest BCUT2D eigenvalue weighted by Crippen LogP contribution is -2.16. The maximum absolute atomic E-state index is 3.67. The quantitative estimate of drug-likeness (QED) is 0.714. The second kappa shape index (κ2) is 5.08. The predicted molar refractivity (Wildman–Crippen MR) is 72.7 cm³/mol. The number of fused-ring (bicyclic) bond motifs is 1. The van der Waals surface area contributed by atoms with Gasteiger partial charge in [-0.05, 0) is 25.1 Å². The third-order valence-corrected chi connectivity index (χ3v) is 3.57. The molecule has 1 nitrogen and oxygen atoms in total. The molecule has 0 N–H and O–H groups in total. The summed E-state index contributed by atoms with van der Waals surface area (Å²) in [6, 6.07) is 8.51. The van der Waals surface area contributed by atoms with Crippen LogP contribution in [0, 0.1) is 0 Å². The van der Waals surface area contributed by atoms with Gasteiger partial charge in [0.2, 0.25) is 0 Å². The average Bonchev–Trinajstić information content (AvgIpc) is 2.67. The van der Waals surface area contributed by atoms with Crippen molar-refractivity contribution >= 4 is 17.4 Å². The second-order valence-electron chi connectivity index (χ2n) is 3.44. The predicted octanol–water partition coefficient (Wildman–Crippen LogP) is 4.20. The molecule has 0 aliphatic carbocycles. The molecule has 1 aromatic rings. The van der Waals surface area contributed by atoms with Gasteiger partial charge < -0.3 is 4.90 Å². The van der Waals surface area contributed by atoms with Crippen LogP contribution in [0.5, 0.6) is 0 Å². The van der Waals surface area contributed by atoms with Crippen LogP contribution in [0.25, 0.3) is 0 Å². The number of para-hydroxylation sites is 1. The molecule has 0 amide bonds. The summed E-state index contributed by atoms with van der Waals surface area (Å²) in [5, 5.41) is 1.28. The van der Waals surface area contributed by atoms with Crippen molar-refractivity contribution in [2.75, 3.05) is 11.4 Å². The van der Waals surface area contributed by atoms with E-state index in [1.807, 2.05) is 23.9 Å². The van der Waals surface area contributed by atoms with Crippen LogP contribution in [0.4, 0.5) is 5.69 Å². The van der Waals surface area contributed by atoms with E-state index in [4.69, 9.17) is 0 Å². The molecule has 1 aliphatic rings. The Morgan fingerprint density at radius 2 is 2.12 bits per heavy atom. The smallest absolute Gasteiger partial charge is 0.0801 e. The van der Waals surface area contributed by atoms with Crippen LogP contribution in [0.3, 0.4) is 0 Å². The molecule has 0 fully saturated rings. The Morgan fingerprint density at radius 1 is 1.31 bits per heavy atom. The van der Waals surface area contributed by atoms with Gasteiger partial charge in [0, 0.05) is 11.4 Å². The maximum Gasteiger partial charge on any atom is 0.0801 e. The van der Waals surface area contributed by atoms with Gasteiger partial charge in [-0.1, -0.05) is 48.7 Å². The first kappa shape index (κ1) is 11.1. The minimum atomic E-state index is 0.998. The lowest BCUT2D eigenvalue weighted by Gasteiger charge is -2.17. The molecule has 0 bridgehead atoms. The fourth-order valence-corrected chi connectivity index (χ4v) is 2.86. The molecule has 1 heterocycles. The molecular weight excluding hydrogens is 214 g/mol. The number of anilines is 1. The number of benzene rings is 1. The van der Waals surface area contributed by atoms with Crippen molar-refractivity contribution in [3.63, 3.8) is 0 Å². The summed E-state index contributed by atoms with van der Waals surface area (Å²) < 4.78 is 0. The van der Waals surface area contributed by atoms with E-state index in [0.717, 1.165) is 6.54 Å². The highest BCUT2D eigenvalue weighted by Crippen LogP contribution is 2.45. The van der Waals surface area contributed by atoms with Crippen molar-refractivity contribution in [1.29, 1.82) is 0 Å². The van der Waals surface area contributed by atoms with Crippen LogP contribution in [0.1, 0.15) is 6.92 Å². The van der Waals surface area contributed by atoms with E-state index in [-0.39, 0.29) is 0 Å². The molecule has 0 saturated carbocycles. The first-order chi connectivity index (χ1) is 7.86. The highest BCUT2D eigenvalue weighted by atomic mass is 32.2. The average molecular weight is 229 g/mol. The third-order valence-electron chi connectivity index (χ3n) is 2.44. The standard InChI is InChI=1S/C14H15NS/c1-3-5-6-11-14-15(4-2)12-9-7-8-10-13(12)16-14/h3,5-11H,1,4H2,2H3/b6-5+,14-11+. The van der Waals surface area contributed by atoms with Gasteiger partial charge in [-0.3, -0.25) is 0 Å². The molecule has 0 radical (unpaired) electrons. The Bertz CT molecular complexity index is 446. The molecule has 2 rings (SSSR count). The van der Waals surface area contributed by atoms with Crippen molar-refractivity contribution < 1.29 is 0 Å². The first-order valence-electron chi connectivity index (χ1n) is 5.40. The molecular formula is C14H15NS. The molecule has 1 aliphatic heterocycles. The summed E-state index contributed by atoms with van der Waals surface area (Å²) in [5.41, 5.74) is 1.31. The molecule has 0 aromatic heterocycles. The number of hydrogen-bond donors (Lipinski definition) is 0. The molecule has 0 unspecified atom stereocenters. The molecule has 0 saturated heterocycles. The number of allylic oxidation sites excluding steroid dienone is 4. The Labute approximate surface area is 101 Å². The minimum absolute atomic E-state index is 0.998. The van der Waals surface area contributed by atoms with Gasteiger partial charge >= 0.3 is 0 Å². The zero-order valence-corrected chi connectivity index (χ0v) is 10.2. The molecule has 16 heavy (non-hydrogen) atoms. The van der Waals surface area contributed by atoms with Crippen molar-refractivity contribution in [3.05, 3.63) is 60.2 Å². The van der Waals surface area contributed by atoms with Crippen LogP contribution in [0.2, 0.25) is 0 Å². The molecule has 82 valence electrons. The topological polar surface area (TPSA) is 3.24 Å². The molecule has 0 atom stereocenters.